The molecule has 0 saturated carbocycles. The third-order valence-corrected chi connectivity index (χ3v) is 5.24. The van der Waals surface area contributed by atoms with Gasteiger partial charge in [-0.05, 0) is 59.3 Å². The molecule has 0 aromatic heterocycles. The molecule has 0 N–H and O–H groups in total. The first-order valence-corrected chi connectivity index (χ1v) is 10.1. The molecule has 0 aromatic rings. The molecule has 0 bridgehead atoms. The van der Waals surface area contributed by atoms with Crippen molar-refractivity contribution in [3.05, 3.63) is 0 Å². The van der Waals surface area contributed by atoms with Crippen LogP contribution in [0.15, 0.2) is 0 Å². The van der Waals surface area contributed by atoms with Crippen molar-refractivity contribution >= 4 is 18.0 Å². The van der Waals surface area contributed by atoms with E-state index >= 15 is 0 Å². The molecule has 7 nitrogen and oxygen atoms in total. The summed E-state index contributed by atoms with van der Waals surface area (Å²) in [6, 6.07) is 0.266. The highest BCUT2D eigenvalue weighted by molar-refractivity contribution is 5.81. The number of hydrogen-bond acceptors (Lipinski definition) is 5. The number of nitrogens with zero attached hydrogens (tertiary/aromatic N) is 2. The number of piperidine rings is 2. The van der Waals surface area contributed by atoms with E-state index in [4.69, 9.17) is 9.47 Å². The predicted octanol–water partition coefficient (Wildman–Crippen LogP) is 2.97. The van der Waals surface area contributed by atoms with Gasteiger partial charge in [0.1, 0.15) is 5.60 Å². The van der Waals surface area contributed by atoms with E-state index in [0.29, 0.717) is 25.9 Å². The van der Waals surface area contributed by atoms with Crippen molar-refractivity contribution in [1.82, 2.24) is 9.80 Å². The van der Waals surface area contributed by atoms with Gasteiger partial charge in [-0.1, -0.05) is 6.92 Å². The molecular formula is C20H34N2O5. The molecule has 1 unspecified atom stereocenters. The zero-order chi connectivity index (χ0) is 20.0. The molecule has 154 valence electrons. The van der Waals surface area contributed by atoms with Crippen molar-refractivity contribution < 1.29 is 23.9 Å². The summed E-state index contributed by atoms with van der Waals surface area (Å²) in [4.78, 5) is 40.3. The highest BCUT2D eigenvalue weighted by Crippen LogP contribution is 2.22. The van der Waals surface area contributed by atoms with Crippen LogP contribution in [0, 0.1) is 5.92 Å². The lowest BCUT2D eigenvalue weighted by Gasteiger charge is -2.35. The van der Waals surface area contributed by atoms with Crippen LogP contribution in [-0.2, 0) is 19.1 Å². The first kappa shape index (κ1) is 21.5. The van der Waals surface area contributed by atoms with Crippen molar-refractivity contribution in [2.24, 2.45) is 5.92 Å². The Kier molecular flexibility index (Phi) is 7.50. The van der Waals surface area contributed by atoms with Crippen LogP contribution in [0.3, 0.4) is 0 Å². The minimum absolute atomic E-state index is 0.0962. The number of esters is 1. The fraction of sp³-hybridized carbons (Fsp3) is 0.850. The molecule has 2 aliphatic heterocycles. The number of likely N-dealkylation sites (tertiary alicyclic amines) is 2. The Bertz CT molecular complexity index is 535. The Labute approximate surface area is 162 Å². The van der Waals surface area contributed by atoms with E-state index < -0.39 is 5.60 Å². The SMILES string of the molecule is CCC1CCCCN1C(=O)COC(=O)C1CCN(C(=O)OC(C)(C)C)CC1. The van der Waals surface area contributed by atoms with E-state index in [1.807, 2.05) is 25.7 Å². The monoisotopic (exact) mass is 382 g/mol. The highest BCUT2D eigenvalue weighted by Gasteiger charge is 2.32. The molecule has 1 atom stereocenters. The fourth-order valence-corrected chi connectivity index (χ4v) is 3.71. The molecular weight excluding hydrogens is 348 g/mol. The standard InChI is InChI=1S/C20H34N2O5/c1-5-16-8-6-7-11-22(16)17(23)14-26-18(24)15-9-12-21(13-10-15)19(25)27-20(2,3)4/h15-16H,5-14H2,1-4H3. The molecule has 7 heteroatoms. The van der Waals surface area contributed by atoms with Gasteiger partial charge in [-0.3, -0.25) is 9.59 Å². The summed E-state index contributed by atoms with van der Waals surface area (Å²) in [5.41, 5.74) is -0.530. The van der Waals surface area contributed by atoms with Crippen LogP contribution in [-0.4, -0.2) is 65.7 Å². The molecule has 0 aromatic carbocycles. The van der Waals surface area contributed by atoms with Gasteiger partial charge < -0.3 is 19.3 Å². The summed E-state index contributed by atoms with van der Waals surface area (Å²) in [6.45, 7) is 9.08. The average molecular weight is 383 g/mol. The molecule has 2 heterocycles. The summed E-state index contributed by atoms with van der Waals surface area (Å²) >= 11 is 0. The van der Waals surface area contributed by atoms with Crippen LogP contribution in [0.4, 0.5) is 4.79 Å². The van der Waals surface area contributed by atoms with Crippen LogP contribution in [0.25, 0.3) is 0 Å². The van der Waals surface area contributed by atoms with Gasteiger partial charge in [0.25, 0.3) is 5.91 Å². The van der Waals surface area contributed by atoms with Crippen LogP contribution in [0.5, 0.6) is 0 Å². The molecule has 0 radical (unpaired) electrons. The predicted molar refractivity (Wildman–Crippen MR) is 101 cm³/mol. The fourth-order valence-electron chi connectivity index (χ4n) is 3.71. The minimum atomic E-state index is -0.530. The van der Waals surface area contributed by atoms with Gasteiger partial charge >= 0.3 is 12.1 Å². The van der Waals surface area contributed by atoms with Crippen molar-refractivity contribution in [2.75, 3.05) is 26.2 Å². The van der Waals surface area contributed by atoms with E-state index in [9.17, 15) is 14.4 Å². The zero-order valence-electron chi connectivity index (χ0n) is 17.2. The van der Waals surface area contributed by atoms with Gasteiger partial charge in [-0.2, -0.15) is 0 Å². The van der Waals surface area contributed by atoms with Gasteiger partial charge in [0, 0.05) is 25.7 Å². The number of hydrogen-bond donors (Lipinski definition) is 0. The summed E-state index contributed by atoms with van der Waals surface area (Å²) in [5.74, 6) is -0.696. The number of carbonyl (C=O) groups is 3. The van der Waals surface area contributed by atoms with Crippen LogP contribution < -0.4 is 0 Å². The van der Waals surface area contributed by atoms with Crippen LogP contribution >= 0.6 is 0 Å². The van der Waals surface area contributed by atoms with Gasteiger partial charge in [-0.15, -0.1) is 0 Å². The van der Waals surface area contributed by atoms with Crippen LogP contribution in [0.2, 0.25) is 0 Å². The van der Waals surface area contributed by atoms with Gasteiger partial charge in [0.05, 0.1) is 5.92 Å². The Balaban J connectivity index is 1.74. The average Bonchev–Trinajstić information content (AvgIpc) is 2.64. The van der Waals surface area contributed by atoms with Crippen molar-refractivity contribution in [2.45, 2.75) is 77.9 Å². The van der Waals surface area contributed by atoms with E-state index in [-0.39, 0.29) is 36.5 Å². The lowest BCUT2D eigenvalue weighted by Crippen LogP contribution is -2.46. The smallest absolute Gasteiger partial charge is 0.410 e. The second kappa shape index (κ2) is 9.42. The maximum atomic E-state index is 12.4. The number of ether oxygens (including phenoxy) is 2. The quantitative estimate of drug-likeness (QED) is 0.699. The zero-order valence-corrected chi connectivity index (χ0v) is 17.2. The normalized spacial score (nSPS) is 21.7. The lowest BCUT2D eigenvalue weighted by atomic mass is 9.97. The summed E-state index contributed by atoms with van der Waals surface area (Å²) in [6.07, 6.45) is 4.85. The molecule has 2 aliphatic rings. The van der Waals surface area contributed by atoms with Crippen molar-refractivity contribution in [3.8, 4) is 0 Å². The first-order chi connectivity index (χ1) is 12.7. The first-order valence-electron chi connectivity index (χ1n) is 10.1. The molecule has 2 amide bonds. The third kappa shape index (κ3) is 6.40. The molecule has 0 aliphatic carbocycles. The van der Waals surface area contributed by atoms with E-state index in [1.54, 1.807) is 4.90 Å². The van der Waals surface area contributed by atoms with Crippen molar-refractivity contribution in [1.29, 1.82) is 0 Å². The number of carbonyl (C=O) groups excluding carboxylic acids is 3. The summed E-state index contributed by atoms with van der Waals surface area (Å²) in [7, 11) is 0. The van der Waals surface area contributed by atoms with E-state index in [2.05, 4.69) is 6.92 Å². The highest BCUT2D eigenvalue weighted by atomic mass is 16.6. The molecule has 2 saturated heterocycles. The Hall–Kier alpha value is -1.79. The largest absolute Gasteiger partial charge is 0.455 e. The van der Waals surface area contributed by atoms with E-state index in [0.717, 1.165) is 32.2 Å². The van der Waals surface area contributed by atoms with E-state index in [1.165, 1.54) is 0 Å². The summed E-state index contributed by atoms with van der Waals surface area (Å²) in [5, 5.41) is 0. The third-order valence-electron chi connectivity index (χ3n) is 5.24. The maximum Gasteiger partial charge on any atom is 0.410 e. The van der Waals surface area contributed by atoms with Crippen LogP contribution in [0.1, 0.15) is 66.2 Å². The second-order valence-electron chi connectivity index (χ2n) is 8.49. The molecule has 2 rings (SSSR count). The molecule has 2 fully saturated rings. The topological polar surface area (TPSA) is 76.2 Å². The van der Waals surface area contributed by atoms with Gasteiger partial charge in [0.2, 0.25) is 0 Å². The second-order valence-corrected chi connectivity index (χ2v) is 8.49. The van der Waals surface area contributed by atoms with Gasteiger partial charge in [-0.25, -0.2) is 4.79 Å². The Morgan fingerprint density at radius 1 is 1.00 bits per heavy atom. The van der Waals surface area contributed by atoms with Crippen molar-refractivity contribution in [3.63, 3.8) is 0 Å². The summed E-state index contributed by atoms with van der Waals surface area (Å²) < 4.78 is 10.7. The number of amides is 2. The Morgan fingerprint density at radius 2 is 1.67 bits per heavy atom. The molecule has 27 heavy (non-hydrogen) atoms. The molecule has 0 spiro atoms. The number of rotatable bonds is 4. The maximum absolute atomic E-state index is 12.4. The minimum Gasteiger partial charge on any atom is -0.455 e. The van der Waals surface area contributed by atoms with Gasteiger partial charge in [0.15, 0.2) is 6.61 Å². The Morgan fingerprint density at radius 3 is 2.26 bits per heavy atom. The lowest BCUT2D eigenvalue weighted by molar-refractivity contribution is -0.158.